The third-order valence-electron chi connectivity index (χ3n) is 5.91. The first kappa shape index (κ1) is 21.9. The molecule has 5 rings (SSSR count). The lowest BCUT2D eigenvalue weighted by molar-refractivity contribution is 0.483. The summed E-state index contributed by atoms with van der Waals surface area (Å²) in [4.78, 5) is -0.184. The molecule has 2 aliphatic rings. The maximum absolute atomic E-state index is 12.2. The highest BCUT2D eigenvalue weighted by atomic mass is 32.2. The molecule has 0 saturated carbocycles. The van der Waals surface area contributed by atoms with Crippen LogP contribution in [0.1, 0.15) is 11.1 Å². The minimum Gasteiger partial charge on any atom is -0.456 e. The van der Waals surface area contributed by atoms with E-state index in [-0.39, 0.29) is 10.3 Å². The van der Waals surface area contributed by atoms with Gasteiger partial charge in [0.05, 0.1) is 5.36 Å². The molecule has 0 fully saturated rings. The first-order valence-electron chi connectivity index (χ1n) is 10.7. The second kappa shape index (κ2) is 8.13. The molecule has 170 valence electrons. The molecule has 7 heteroatoms. The molecule has 3 N–H and O–H groups in total. The fourth-order valence-electron chi connectivity index (χ4n) is 4.31. The van der Waals surface area contributed by atoms with Gasteiger partial charge in [-0.3, -0.25) is 4.55 Å². The van der Waals surface area contributed by atoms with Crippen LogP contribution >= 0.6 is 0 Å². The Kier molecular flexibility index (Phi) is 5.23. The molecule has 0 atom stereocenters. The highest BCUT2D eigenvalue weighted by Crippen LogP contribution is 2.42. The summed E-state index contributed by atoms with van der Waals surface area (Å²) in [6, 6.07) is 23.0. The van der Waals surface area contributed by atoms with Crippen molar-refractivity contribution < 1.29 is 17.4 Å². The number of benzene rings is 4. The molecule has 1 heterocycles. The molecular weight excluding hydrogens is 448 g/mol. The van der Waals surface area contributed by atoms with Crippen LogP contribution in [0.4, 0.5) is 11.4 Å². The lowest BCUT2D eigenvalue weighted by Gasteiger charge is -2.18. The van der Waals surface area contributed by atoms with Gasteiger partial charge in [-0.1, -0.05) is 36.4 Å². The number of nitrogens with one attached hydrogen (secondary N) is 2. The number of fused-ring (bicyclic) bond motifs is 2. The Balaban J connectivity index is 1.80. The summed E-state index contributed by atoms with van der Waals surface area (Å²) in [5, 5.41) is 12.4. The molecule has 0 radical (unpaired) electrons. The summed E-state index contributed by atoms with van der Waals surface area (Å²) in [7, 11) is -4.47. The van der Waals surface area contributed by atoms with Gasteiger partial charge in [-0.05, 0) is 55.3 Å². The average Bonchev–Trinajstić information content (AvgIpc) is 2.79. The Morgan fingerprint density at radius 3 is 2.32 bits per heavy atom. The van der Waals surface area contributed by atoms with E-state index in [2.05, 4.69) is 5.32 Å². The van der Waals surface area contributed by atoms with E-state index in [1.54, 1.807) is 36.4 Å². The molecule has 0 aromatic heterocycles. The third-order valence-corrected chi connectivity index (χ3v) is 6.82. The third kappa shape index (κ3) is 3.85. The maximum Gasteiger partial charge on any atom is 0.295 e. The molecule has 3 aromatic carbocycles. The second-order valence-electron chi connectivity index (χ2n) is 8.26. The summed E-state index contributed by atoms with van der Waals surface area (Å²) < 4.78 is 40.4. The number of para-hydroxylation sites is 1. The van der Waals surface area contributed by atoms with E-state index in [9.17, 15) is 13.0 Å². The lowest BCUT2D eigenvalue weighted by atomic mass is 9.93. The van der Waals surface area contributed by atoms with Crippen LogP contribution in [0.2, 0.25) is 0 Å². The molecule has 0 amide bonds. The van der Waals surface area contributed by atoms with Gasteiger partial charge < -0.3 is 15.1 Å². The Labute approximate surface area is 197 Å². The quantitative estimate of drug-likeness (QED) is 0.211. The fourth-order valence-corrected chi connectivity index (χ4v) is 5.01. The van der Waals surface area contributed by atoms with E-state index in [4.69, 9.17) is 9.83 Å². The lowest BCUT2D eigenvalue weighted by Crippen LogP contribution is -2.04. The zero-order valence-corrected chi connectivity index (χ0v) is 19.4. The molecule has 1 aliphatic heterocycles. The van der Waals surface area contributed by atoms with Crippen molar-refractivity contribution in [3.8, 4) is 22.5 Å². The molecule has 0 saturated heterocycles. The molecule has 3 aromatic rings. The topological polar surface area (TPSA) is 103 Å². The number of hydrogen-bond acceptors (Lipinski definition) is 5. The monoisotopic (exact) mass is 470 g/mol. The smallest absolute Gasteiger partial charge is 0.295 e. The van der Waals surface area contributed by atoms with Gasteiger partial charge in [0.15, 0.2) is 0 Å². The number of rotatable bonds is 4. The van der Waals surface area contributed by atoms with E-state index in [0.717, 1.165) is 22.5 Å². The van der Waals surface area contributed by atoms with Crippen molar-refractivity contribution >= 4 is 32.5 Å². The summed E-state index contributed by atoms with van der Waals surface area (Å²) in [5.41, 5.74) is 6.18. The minimum absolute atomic E-state index is 0.184. The molecule has 6 nitrogen and oxygen atoms in total. The van der Waals surface area contributed by atoms with Crippen LogP contribution in [0.3, 0.4) is 0 Å². The first-order chi connectivity index (χ1) is 16.2. The molecule has 0 unspecified atom stereocenters. The van der Waals surface area contributed by atoms with Gasteiger partial charge in [-0.2, -0.15) is 8.42 Å². The highest BCUT2D eigenvalue weighted by molar-refractivity contribution is 7.86. The normalized spacial score (nSPS) is 11.7. The van der Waals surface area contributed by atoms with Crippen molar-refractivity contribution in [2.75, 3.05) is 5.32 Å². The van der Waals surface area contributed by atoms with Crippen LogP contribution in [-0.4, -0.2) is 13.0 Å². The predicted molar refractivity (Wildman–Crippen MR) is 133 cm³/mol. The van der Waals surface area contributed by atoms with Crippen LogP contribution in [0.15, 0.2) is 88.2 Å². The Morgan fingerprint density at radius 1 is 0.853 bits per heavy atom. The minimum atomic E-state index is -4.47. The van der Waals surface area contributed by atoms with Crippen molar-refractivity contribution in [2.24, 2.45) is 0 Å². The fraction of sp³-hybridized carbons (Fsp3) is 0.0741. The summed E-state index contributed by atoms with van der Waals surface area (Å²) in [6.45, 7) is 4.07. The van der Waals surface area contributed by atoms with Crippen molar-refractivity contribution in [2.45, 2.75) is 18.7 Å². The standard InChI is InChI=1S/C27H22N2O4S/c1-16-6-5-7-17(2)27(16)29-19-11-13-21-24(15-19)33-23-14-18(28)10-12-20(23)26(21)22-8-3-4-9-25(22)34(30,31)32/h3-15,28-29H,1-2H3,(H,30,31,32). The second-order valence-corrected chi connectivity index (χ2v) is 9.65. The van der Waals surface area contributed by atoms with Crippen molar-refractivity contribution in [3.05, 3.63) is 95.3 Å². The average molecular weight is 471 g/mol. The zero-order chi connectivity index (χ0) is 24.0. The SMILES string of the molecule is Cc1cccc(C)c1Nc1ccc2c(-c3ccccc3S(=O)(=O)O)c3ccc(=N)cc-3oc2c1. The van der Waals surface area contributed by atoms with Gasteiger partial charge in [0, 0.05) is 45.6 Å². The Bertz CT molecular complexity index is 1680. The molecular formula is C27H22N2O4S. The van der Waals surface area contributed by atoms with Gasteiger partial charge in [0.1, 0.15) is 16.2 Å². The van der Waals surface area contributed by atoms with E-state index >= 15 is 0 Å². The van der Waals surface area contributed by atoms with Crippen molar-refractivity contribution in [3.63, 3.8) is 0 Å². The maximum atomic E-state index is 12.2. The predicted octanol–water partition coefficient (Wildman–Crippen LogP) is 6.29. The largest absolute Gasteiger partial charge is 0.456 e. The van der Waals surface area contributed by atoms with Crippen LogP contribution in [0.5, 0.6) is 0 Å². The summed E-state index contributed by atoms with van der Waals surface area (Å²) in [6.07, 6.45) is 0. The van der Waals surface area contributed by atoms with Crippen molar-refractivity contribution in [1.29, 1.82) is 5.41 Å². The highest BCUT2D eigenvalue weighted by Gasteiger charge is 2.23. The van der Waals surface area contributed by atoms with E-state index in [1.807, 2.05) is 50.2 Å². The van der Waals surface area contributed by atoms with E-state index < -0.39 is 10.1 Å². The first-order valence-corrected chi connectivity index (χ1v) is 12.1. The van der Waals surface area contributed by atoms with Gasteiger partial charge in [0.25, 0.3) is 10.1 Å². The number of aryl methyl sites for hydroxylation is 2. The summed E-state index contributed by atoms with van der Waals surface area (Å²) in [5.74, 6) is 0.448. The number of hydrogen-bond donors (Lipinski definition) is 3. The zero-order valence-electron chi connectivity index (χ0n) is 18.6. The van der Waals surface area contributed by atoms with E-state index in [1.165, 1.54) is 6.07 Å². The molecule has 1 aliphatic carbocycles. The van der Waals surface area contributed by atoms with Crippen LogP contribution < -0.4 is 10.7 Å². The van der Waals surface area contributed by atoms with Crippen molar-refractivity contribution in [1.82, 2.24) is 0 Å². The Hall–Kier alpha value is -3.94. The van der Waals surface area contributed by atoms with Gasteiger partial charge in [-0.25, -0.2) is 0 Å². The van der Waals surface area contributed by atoms with E-state index in [0.29, 0.717) is 33.4 Å². The Morgan fingerprint density at radius 2 is 1.59 bits per heavy atom. The van der Waals surface area contributed by atoms with Gasteiger partial charge in [0.2, 0.25) is 0 Å². The number of anilines is 2. The molecule has 34 heavy (non-hydrogen) atoms. The molecule has 0 bridgehead atoms. The van der Waals surface area contributed by atoms with Gasteiger partial charge >= 0.3 is 0 Å². The summed E-state index contributed by atoms with van der Waals surface area (Å²) >= 11 is 0. The van der Waals surface area contributed by atoms with Gasteiger partial charge in [-0.15, -0.1) is 0 Å². The van der Waals surface area contributed by atoms with Crippen LogP contribution in [0.25, 0.3) is 33.4 Å². The molecule has 0 spiro atoms. The van der Waals surface area contributed by atoms with Crippen LogP contribution in [-0.2, 0) is 10.1 Å². The van der Waals surface area contributed by atoms with Crippen LogP contribution in [0, 0.1) is 19.3 Å².